The Labute approximate surface area is 109 Å². The molecule has 108 valence electrons. The molecule has 0 aliphatic heterocycles. The number of nitrogens with zero attached hydrogens (tertiary/aromatic N) is 1. The van der Waals surface area contributed by atoms with E-state index >= 15 is 0 Å². The summed E-state index contributed by atoms with van der Waals surface area (Å²) in [7, 11) is 0. The van der Waals surface area contributed by atoms with Gasteiger partial charge in [0.1, 0.15) is 5.69 Å². The van der Waals surface area contributed by atoms with E-state index in [1.54, 1.807) is 5.32 Å². The van der Waals surface area contributed by atoms with Gasteiger partial charge in [0.15, 0.2) is 0 Å². The van der Waals surface area contributed by atoms with Gasteiger partial charge >= 0.3 is 0 Å². The fraction of sp³-hybridized carbons (Fsp3) is 0.200. The highest BCUT2D eigenvalue weighted by molar-refractivity contribution is 6.10. The fourth-order valence-electron chi connectivity index (χ4n) is 1.22. The number of hydrogen-bond donors (Lipinski definition) is 2. The van der Waals surface area contributed by atoms with E-state index in [1.165, 1.54) is 0 Å². The highest BCUT2D eigenvalue weighted by Crippen LogP contribution is 2.25. The number of alkyl halides is 3. The second-order valence-corrected chi connectivity index (χ2v) is 3.59. The molecule has 1 unspecified atom stereocenters. The Hall–Kier alpha value is -2.65. The largest absolute Gasteiger partial charge is 0.393 e. The maximum absolute atomic E-state index is 13.1. The van der Waals surface area contributed by atoms with Crippen LogP contribution in [0, 0.1) is 10.1 Å². The number of nitrogens with two attached hydrogens (primary N) is 1. The summed E-state index contributed by atoms with van der Waals surface area (Å²) >= 11 is 0. The predicted octanol–water partition coefficient (Wildman–Crippen LogP) is 1.29. The molecule has 0 saturated carbocycles. The Morgan fingerprint density at radius 1 is 1.30 bits per heavy atom. The topological polar surface area (TPSA) is 115 Å². The van der Waals surface area contributed by atoms with Gasteiger partial charge in [-0.2, -0.15) is 0 Å². The number of nitrogen functional groups attached to an aromatic ring is 1. The summed E-state index contributed by atoms with van der Waals surface area (Å²) in [5.74, 6) is -3.83. The molecule has 0 saturated heterocycles. The number of nitrogens with one attached hydrogen (secondary N) is 1. The molecule has 0 radical (unpaired) electrons. The SMILES string of the molecule is Nc1ccc(NC(=O)C(F)C(=O)C(F)F)cc1[N+](=O)[O-]. The molecule has 0 fully saturated rings. The number of anilines is 2. The normalized spacial score (nSPS) is 12.0. The molecular formula is C10H8F3N3O4. The fourth-order valence-corrected chi connectivity index (χ4v) is 1.22. The number of carbonyl (C=O) groups excluding carboxylic acids is 2. The van der Waals surface area contributed by atoms with E-state index in [-0.39, 0.29) is 11.4 Å². The van der Waals surface area contributed by atoms with E-state index in [0.29, 0.717) is 0 Å². The van der Waals surface area contributed by atoms with Crippen LogP contribution in [0.3, 0.4) is 0 Å². The van der Waals surface area contributed by atoms with Gasteiger partial charge in [0, 0.05) is 11.8 Å². The lowest BCUT2D eigenvalue weighted by atomic mass is 10.2. The van der Waals surface area contributed by atoms with Gasteiger partial charge in [0.25, 0.3) is 18.0 Å². The van der Waals surface area contributed by atoms with Crippen molar-refractivity contribution < 1.29 is 27.7 Å². The van der Waals surface area contributed by atoms with E-state index in [4.69, 9.17) is 5.73 Å². The van der Waals surface area contributed by atoms with Gasteiger partial charge in [-0.05, 0) is 12.1 Å². The summed E-state index contributed by atoms with van der Waals surface area (Å²) in [6.07, 6.45) is -6.69. The van der Waals surface area contributed by atoms with E-state index in [0.717, 1.165) is 18.2 Å². The monoisotopic (exact) mass is 291 g/mol. The van der Waals surface area contributed by atoms with Gasteiger partial charge in [0.05, 0.1) is 4.92 Å². The molecular weight excluding hydrogens is 283 g/mol. The van der Waals surface area contributed by atoms with Crippen molar-refractivity contribution in [2.75, 3.05) is 11.1 Å². The maximum atomic E-state index is 13.1. The van der Waals surface area contributed by atoms with Crippen molar-refractivity contribution in [3.63, 3.8) is 0 Å². The molecule has 1 rings (SSSR count). The predicted molar refractivity (Wildman–Crippen MR) is 62.0 cm³/mol. The Kier molecular flexibility index (Phi) is 4.62. The Morgan fingerprint density at radius 3 is 2.40 bits per heavy atom. The van der Waals surface area contributed by atoms with Crippen LogP contribution in [0.15, 0.2) is 18.2 Å². The first-order valence-electron chi connectivity index (χ1n) is 5.04. The molecule has 1 aromatic carbocycles. The lowest BCUT2D eigenvalue weighted by Gasteiger charge is -2.08. The molecule has 10 heteroatoms. The van der Waals surface area contributed by atoms with Crippen LogP contribution in [0.25, 0.3) is 0 Å². The van der Waals surface area contributed by atoms with Crippen LogP contribution >= 0.6 is 0 Å². The number of rotatable bonds is 5. The van der Waals surface area contributed by atoms with Gasteiger partial charge in [0.2, 0.25) is 12.0 Å². The quantitative estimate of drug-likeness (QED) is 0.367. The van der Waals surface area contributed by atoms with Crippen LogP contribution in [0.2, 0.25) is 0 Å². The first-order chi connectivity index (χ1) is 9.23. The molecule has 20 heavy (non-hydrogen) atoms. The molecule has 0 aromatic heterocycles. The molecule has 0 heterocycles. The lowest BCUT2D eigenvalue weighted by Crippen LogP contribution is -2.35. The summed E-state index contributed by atoms with van der Waals surface area (Å²) in [5.41, 5.74) is 4.28. The number of nitro groups is 1. The van der Waals surface area contributed by atoms with Crippen LogP contribution in [0.5, 0.6) is 0 Å². The minimum absolute atomic E-state index is 0.201. The smallest absolute Gasteiger partial charge is 0.299 e. The minimum atomic E-state index is -3.63. The summed E-state index contributed by atoms with van der Waals surface area (Å²) in [4.78, 5) is 31.5. The number of nitro benzene ring substituents is 1. The van der Waals surface area contributed by atoms with Gasteiger partial charge < -0.3 is 11.1 Å². The third-order valence-corrected chi connectivity index (χ3v) is 2.19. The average molecular weight is 291 g/mol. The molecule has 0 bridgehead atoms. The Morgan fingerprint density at radius 2 is 1.90 bits per heavy atom. The second-order valence-electron chi connectivity index (χ2n) is 3.59. The van der Waals surface area contributed by atoms with Crippen LogP contribution in [0.4, 0.5) is 30.2 Å². The third-order valence-electron chi connectivity index (χ3n) is 2.19. The number of carbonyl (C=O) groups is 2. The number of benzene rings is 1. The first-order valence-corrected chi connectivity index (χ1v) is 5.04. The average Bonchev–Trinajstić information content (AvgIpc) is 2.38. The van der Waals surface area contributed by atoms with Crippen molar-refractivity contribution >= 4 is 28.8 Å². The number of hydrogen-bond acceptors (Lipinski definition) is 5. The first kappa shape index (κ1) is 15.4. The molecule has 3 N–H and O–H groups in total. The maximum Gasteiger partial charge on any atom is 0.299 e. The van der Waals surface area contributed by atoms with Crippen LogP contribution in [-0.2, 0) is 9.59 Å². The molecule has 1 aromatic rings. The van der Waals surface area contributed by atoms with Gasteiger partial charge in [-0.3, -0.25) is 19.7 Å². The summed E-state index contributed by atoms with van der Waals surface area (Å²) in [5, 5.41) is 12.3. The van der Waals surface area contributed by atoms with Crippen molar-refractivity contribution in [3.8, 4) is 0 Å². The zero-order valence-corrected chi connectivity index (χ0v) is 9.68. The highest BCUT2D eigenvalue weighted by Gasteiger charge is 2.32. The molecule has 0 aliphatic carbocycles. The summed E-state index contributed by atoms with van der Waals surface area (Å²) in [6, 6.07) is 2.97. The Balaban J connectivity index is 2.89. The summed E-state index contributed by atoms with van der Waals surface area (Å²) < 4.78 is 36.9. The van der Waals surface area contributed by atoms with Crippen molar-refractivity contribution in [2.24, 2.45) is 0 Å². The van der Waals surface area contributed by atoms with Crippen molar-refractivity contribution in [3.05, 3.63) is 28.3 Å². The number of Topliss-reactive ketones (excluding diaryl/α,β-unsaturated/α-hetero) is 1. The van der Waals surface area contributed by atoms with Gasteiger partial charge in [-0.25, -0.2) is 13.2 Å². The van der Waals surface area contributed by atoms with Crippen molar-refractivity contribution in [1.29, 1.82) is 0 Å². The number of ketones is 1. The minimum Gasteiger partial charge on any atom is -0.393 e. The van der Waals surface area contributed by atoms with Gasteiger partial charge in [-0.1, -0.05) is 0 Å². The molecule has 0 aliphatic rings. The highest BCUT2D eigenvalue weighted by atomic mass is 19.3. The van der Waals surface area contributed by atoms with Gasteiger partial charge in [-0.15, -0.1) is 0 Å². The number of amides is 1. The Bertz CT molecular complexity index is 565. The van der Waals surface area contributed by atoms with E-state index in [9.17, 15) is 32.9 Å². The van der Waals surface area contributed by atoms with Crippen molar-refractivity contribution in [1.82, 2.24) is 0 Å². The third kappa shape index (κ3) is 3.43. The van der Waals surface area contributed by atoms with E-state index in [2.05, 4.69) is 0 Å². The zero-order chi connectivity index (χ0) is 15.4. The molecule has 0 spiro atoms. The van der Waals surface area contributed by atoms with Crippen LogP contribution < -0.4 is 11.1 Å². The lowest BCUT2D eigenvalue weighted by molar-refractivity contribution is -0.383. The standard InChI is InChI=1S/C10H8F3N3O4/c11-7(8(17)9(12)13)10(18)15-4-1-2-5(14)6(3-4)16(19)20/h1-3,7,9H,14H2,(H,15,18). The number of halogens is 3. The molecule has 1 amide bonds. The zero-order valence-electron chi connectivity index (χ0n) is 9.68. The van der Waals surface area contributed by atoms with E-state index in [1.807, 2.05) is 0 Å². The molecule has 7 nitrogen and oxygen atoms in total. The van der Waals surface area contributed by atoms with E-state index < -0.39 is 34.9 Å². The second kappa shape index (κ2) is 5.99. The summed E-state index contributed by atoms with van der Waals surface area (Å²) in [6.45, 7) is 0. The van der Waals surface area contributed by atoms with Crippen molar-refractivity contribution in [2.45, 2.75) is 12.6 Å². The molecule has 1 atom stereocenters. The van der Waals surface area contributed by atoms with Crippen LogP contribution in [0.1, 0.15) is 0 Å². The van der Waals surface area contributed by atoms with Crippen LogP contribution in [-0.4, -0.2) is 29.2 Å².